The molecule has 0 bridgehead atoms. The zero-order valence-corrected chi connectivity index (χ0v) is 13.1. The standard InChI is InChI=1S/C15H24N2O2.ClH/c1-13-3-5-14(6-4-13)7-8-15(18)17-10-9-16-11-12-19-2;/h3-6,16H,7-12H2,1-2H3,(H,17,18);1H. The number of nitrogens with one attached hydrogen (secondary N) is 2. The lowest BCUT2D eigenvalue weighted by atomic mass is 10.1. The van der Waals surface area contributed by atoms with E-state index in [9.17, 15) is 4.79 Å². The van der Waals surface area contributed by atoms with Gasteiger partial charge in [0, 0.05) is 33.2 Å². The Kier molecular flexibility index (Phi) is 11.1. The minimum absolute atomic E-state index is 0. The monoisotopic (exact) mass is 300 g/mol. The van der Waals surface area contributed by atoms with Crippen molar-refractivity contribution in [1.29, 1.82) is 0 Å². The first kappa shape index (κ1) is 18.9. The van der Waals surface area contributed by atoms with Crippen molar-refractivity contribution in [3.05, 3.63) is 35.4 Å². The van der Waals surface area contributed by atoms with Crippen molar-refractivity contribution in [2.45, 2.75) is 19.8 Å². The van der Waals surface area contributed by atoms with Crippen molar-refractivity contribution in [3.63, 3.8) is 0 Å². The summed E-state index contributed by atoms with van der Waals surface area (Å²) in [5, 5.41) is 6.08. The highest BCUT2D eigenvalue weighted by molar-refractivity contribution is 5.85. The highest BCUT2D eigenvalue weighted by Crippen LogP contribution is 2.05. The third-order valence-electron chi connectivity index (χ3n) is 2.87. The fourth-order valence-electron chi connectivity index (χ4n) is 1.69. The van der Waals surface area contributed by atoms with E-state index in [1.54, 1.807) is 7.11 Å². The first-order chi connectivity index (χ1) is 9.22. The zero-order chi connectivity index (χ0) is 13.9. The molecule has 0 atom stereocenters. The Morgan fingerprint density at radius 1 is 1.15 bits per heavy atom. The highest BCUT2D eigenvalue weighted by atomic mass is 35.5. The van der Waals surface area contributed by atoms with Crippen LogP contribution in [-0.2, 0) is 16.0 Å². The van der Waals surface area contributed by atoms with Crippen LogP contribution in [0.3, 0.4) is 0 Å². The lowest BCUT2D eigenvalue weighted by molar-refractivity contribution is -0.121. The summed E-state index contributed by atoms with van der Waals surface area (Å²) in [6.45, 7) is 5.01. The van der Waals surface area contributed by atoms with Gasteiger partial charge < -0.3 is 15.4 Å². The van der Waals surface area contributed by atoms with E-state index in [0.717, 1.165) is 19.5 Å². The SMILES string of the molecule is COCCNCCNC(=O)CCc1ccc(C)cc1.Cl. The van der Waals surface area contributed by atoms with Crippen LogP contribution in [0.5, 0.6) is 0 Å². The molecule has 0 spiro atoms. The van der Waals surface area contributed by atoms with Crippen LogP contribution in [0.15, 0.2) is 24.3 Å². The first-order valence-electron chi connectivity index (χ1n) is 6.74. The van der Waals surface area contributed by atoms with Gasteiger partial charge in [0.25, 0.3) is 0 Å². The molecule has 0 saturated heterocycles. The van der Waals surface area contributed by atoms with E-state index in [2.05, 4.69) is 41.8 Å². The maximum absolute atomic E-state index is 11.6. The van der Waals surface area contributed by atoms with Crippen LogP contribution < -0.4 is 10.6 Å². The predicted molar refractivity (Wildman–Crippen MR) is 84.5 cm³/mol. The fraction of sp³-hybridized carbons (Fsp3) is 0.533. The molecule has 2 N–H and O–H groups in total. The molecule has 5 heteroatoms. The molecular formula is C15H25ClN2O2. The largest absolute Gasteiger partial charge is 0.383 e. The molecule has 0 fully saturated rings. The van der Waals surface area contributed by atoms with Gasteiger partial charge in [-0.1, -0.05) is 29.8 Å². The summed E-state index contributed by atoms with van der Waals surface area (Å²) in [6.07, 6.45) is 1.34. The molecule has 1 aromatic carbocycles. The molecule has 0 unspecified atom stereocenters. The number of rotatable bonds is 9. The fourth-order valence-corrected chi connectivity index (χ4v) is 1.69. The third kappa shape index (κ3) is 8.91. The maximum atomic E-state index is 11.6. The Morgan fingerprint density at radius 3 is 2.50 bits per heavy atom. The van der Waals surface area contributed by atoms with Crippen molar-refractivity contribution in [3.8, 4) is 0 Å². The van der Waals surface area contributed by atoms with Crippen molar-refractivity contribution in [1.82, 2.24) is 10.6 Å². The van der Waals surface area contributed by atoms with Crippen LogP contribution in [0, 0.1) is 6.92 Å². The molecule has 1 rings (SSSR count). The Bertz CT molecular complexity index is 369. The number of amides is 1. The van der Waals surface area contributed by atoms with Crippen LogP contribution in [0.4, 0.5) is 0 Å². The van der Waals surface area contributed by atoms with Crippen LogP contribution >= 0.6 is 12.4 Å². The molecule has 1 aromatic rings. The second-order valence-corrected chi connectivity index (χ2v) is 4.58. The number of carbonyl (C=O) groups is 1. The van der Waals surface area contributed by atoms with Gasteiger partial charge in [-0.15, -0.1) is 12.4 Å². The number of hydrogen-bond acceptors (Lipinski definition) is 3. The number of carbonyl (C=O) groups excluding carboxylic acids is 1. The summed E-state index contributed by atoms with van der Waals surface area (Å²) in [5.41, 5.74) is 2.45. The average molecular weight is 301 g/mol. The summed E-state index contributed by atoms with van der Waals surface area (Å²) in [7, 11) is 1.68. The van der Waals surface area contributed by atoms with Gasteiger partial charge in [-0.2, -0.15) is 0 Å². The highest BCUT2D eigenvalue weighted by Gasteiger charge is 2.01. The van der Waals surface area contributed by atoms with E-state index in [4.69, 9.17) is 4.74 Å². The summed E-state index contributed by atoms with van der Waals surface area (Å²) < 4.78 is 4.92. The molecule has 4 nitrogen and oxygen atoms in total. The molecule has 20 heavy (non-hydrogen) atoms. The Hall–Kier alpha value is -1.10. The Morgan fingerprint density at radius 2 is 1.85 bits per heavy atom. The second kappa shape index (κ2) is 11.7. The summed E-state index contributed by atoms with van der Waals surface area (Å²) in [6, 6.07) is 8.31. The molecule has 114 valence electrons. The van der Waals surface area contributed by atoms with Gasteiger partial charge in [-0.25, -0.2) is 0 Å². The van der Waals surface area contributed by atoms with Gasteiger partial charge >= 0.3 is 0 Å². The molecular weight excluding hydrogens is 276 g/mol. The lowest BCUT2D eigenvalue weighted by Gasteiger charge is -2.06. The summed E-state index contributed by atoms with van der Waals surface area (Å²) >= 11 is 0. The minimum atomic E-state index is 0. The molecule has 1 amide bonds. The maximum Gasteiger partial charge on any atom is 0.220 e. The average Bonchev–Trinajstić information content (AvgIpc) is 2.42. The predicted octanol–water partition coefficient (Wildman–Crippen LogP) is 1.70. The molecule has 0 heterocycles. The van der Waals surface area contributed by atoms with E-state index in [1.165, 1.54) is 11.1 Å². The van der Waals surface area contributed by atoms with Crippen LogP contribution in [0.25, 0.3) is 0 Å². The van der Waals surface area contributed by atoms with Crippen molar-refractivity contribution in [2.24, 2.45) is 0 Å². The number of hydrogen-bond donors (Lipinski definition) is 2. The molecule has 0 aliphatic carbocycles. The normalized spacial score (nSPS) is 9.90. The van der Waals surface area contributed by atoms with Gasteiger partial charge in [-0.3, -0.25) is 4.79 Å². The molecule has 0 aromatic heterocycles. The number of aryl methyl sites for hydroxylation is 2. The quantitative estimate of drug-likeness (QED) is 0.683. The Labute approximate surface area is 127 Å². The summed E-state index contributed by atoms with van der Waals surface area (Å²) in [4.78, 5) is 11.6. The number of halogens is 1. The van der Waals surface area contributed by atoms with Gasteiger partial charge in [-0.05, 0) is 18.9 Å². The van der Waals surface area contributed by atoms with Crippen LogP contribution in [-0.4, -0.2) is 39.3 Å². The topological polar surface area (TPSA) is 50.4 Å². The van der Waals surface area contributed by atoms with E-state index < -0.39 is 0 Å². The zero-order valence-electron chi connectivity index (χ0n) is 12.3. The molecule has 0 radical (unpaired) electrons. The van der Waals surface area contributed by atoms with Gasteiger partial charge in [0.2, 0.25) is 5.91 Å². The number of methoxy groups -OCH3 is 1. The van der Waals surface area contributed by atoms with Crippen molar-refractivity contribution >= 4 is 18.3 Å². The van der Waals surface area contributed by atoms with Crippen molar-refractivity contribution < 1.29 is 9.53 Å². The second-order valence-electron chi connectivity index (χ2n) is 4.58. The van der Waals surface area contributed by atoms with Crippen molar-refractivity contribution in [2.75, 3.05) is 33.4 Å². The summed E-state index contributed by atoms with van der Waals surface area (Å²) in [5.74, 6) is 0.106. The van der Waals surface area contributed by atoms with Crippen LogP contribution in [0.2, 0.25) is 0 Å². The lowest BCUT2D eigenvalue weighted by Crippen LogP contribution is -2.33. The van der Waals surface area contributed by atoms with Crippen LogP contribution in [0.1, 0.15) is 17.5 Å². The first-order valence-corrected chi connectivity index (χ1v) is 6.74. The Balaban J connectivity index is 0.00000361. The van der Waals surface area contributed by atoms with E-state index in [1.807, 2.05) is 0 Å². The number of benzene rings is 1. The van der Waals surface area contributed by atoms with E-state index in [0.29, 0.717) is 19.6 Å². The van der Waals surface area contributed by atoms with Gasteiger partial charge in [0.05, 0.1) is 6.61 Å². The number of ether oxygens (including phenoxy) is 1. The van der Waals surface area contributed by atoms with E-state index in [-0.39, 0.29) is 18.3 Å². The van der Waals surface area contributed by atoms with E-state index >= 15 is 0 Å². The minimum Gasteiger partial charge on any atom is -0.383 e. The molecule has 0 aliphatic rings. The smallest absolute Gasteiger partial charge is 0.220 e. The van der Waals surface area contributed by atoms with Gasteiger partial charge in [0.15, 0.2) is 0 Å². The third-order valence-corrected chi connectivity index (χ3v) is 2.87. The molecule has 0 aliphatic heterocycles. The van der Waals surface area contributed by atoms with Gasteiger partial charge in [0.1, 0.15) is 0 Å². The molecule has 0 saturated carbocycles.